The lowest BCUT2D eigenvalue weighted by Crippen LogP contribution is -2.32. The van der Waals surface area contributed by atoms with Crippen LogP contribution in [0.3, 0.4) is 0 Å². The van der Waals surface area contributed by atoms with Crippen LogP contribution in [0, 0.1) is 0 Å². The number of rotatable bonds is 7. The molecule has 0 saturated heterocycles. The van der Waals surface area contributed by atoms with Gasteiger partial charge in [0.15, 0.2) is 0 Å². The summed E-state index contributed by atoms with van der Waals surface area (Å²) in [5, 5.41) is 3.02. The van der Waals surface area contributed by atoms with Gasteiger partial charge in [-0.1, -0.05) is 6.08 Å². The summed E-state index contributed by atoms with van der Waals surface area (Å²) < 4.78 is 27.0. The predicted molar refractivity (Wildman–Crippen MR) is 74.2 cm³/mol. The molecular formula is C12H18N2O2S2. The van der Waals surface area contributed by atoms with Gasteiger partial charge in [0.25, 0.3) is 10.0 Å². The molecule has 0 bridgehead atoms. The number of hydrogen-bond donors (Lipinski definition) is 1. The Balaban J connectivity index is 2.24. The van der Waals surface area contributed by atoms with Gasteiger partial charge in [0.1, 0.15) is 4.21 Å². The Bertz CT molecular complexity index is 518. The van der Waals surface area contributed by atoms with Crippen molar-refractivity contribution >= 4 is 21.4 Å². The normalized spacial score (nSPS) is 16.1. The zero-order chi connectivity index (χ0) is 13.2. The van der Waals surface area contributed by atoms with Crippen molar-refractivity contribution in [2.24, 2.45) is 0 Å². The third-order valence-corrected chi connectivity index (χ3v) is 6.29. The highest BCUT2D eigenvalue weighted by Gasteiger charge is 2.37. The van der Waals surface area contributed by atoms with E-state index in [1.165, 1.54) is 11.3 Å². The molecule has 1 N–H and O–H groups in total. The summed E-state index contributed by atoms with van der Waals surface area (Å²) in [4.78, 5) is 1.03. The minimum absolute atomic E-state index is 0.169. The summed E-state index contributed by atoms with van der Waals surface area (Å²) in [6.45, 7) is 4.73. The molecule has 4 nitrogen and oxygen atoms in total. The van der Waals surface area contributed by atoms with Gasteiger partial charge in [0.2, 0.25) is 0 Å². The first-order chi connectivity index (χ1) is 8.59. The van der Waals surface area contributed by atoms with Gasteiger partial charge < -0.3 is 5.32 Å². The number of hydrogen-bond acceptors (Lipinski definition) is 4. The predicted octanol–water partition coefficient (Wildman–Crippen LogP) is 1.81. The van der Waals surface area contributed by atoms with Crippen LogP contribution in [0.25, 0.3) is 0 Å². The van der Waals surface area contributed by atoms with Crippen LogP contribution in [-0.2, 0) is 16.6 Å². The molecule has 0 amide bonds. The number of nitrogens with zero attached hydrogens (tertiary/aromatic N) is 1. The second-order valence-corrected chi connectivity index (χ2v) is 7.63. The van der Waals surface area contributed by atoms with Crippen molar-refractivity contribution in [3.8, 4) is 0 Å². The molecule has 6 heteroatoms. The van der Waals surface area contributed by atoms with Crippen LogP contribution in [0.4, 0.5) is 0 Å². The van der Waals surface area contributed by atoms with E-state index in [2.05, 4.69) is 11.9 Å². The zero-order valence-corrected chi connectivity index (χ0v) is 12.1. The standard InChI is InChI=1S/C12H18N2O2S2/c1-3-8-14(10-4-5-10)18(15,16)12-7-6-11(17-12)9-13-2/h3,6-7,10,13H,1,4-5,8-9H2,2H3. The smallest absolute Gasteiger partial charge is 0.253 e. The molecular weight excluding hydrogens is 268 g/mol. The highest BCUT2D eigenvalue weighted by Crippen LogP contribution is 2.34. The minimum atomic E-state index is -3.34. The Morgan fingerprint density at radius 1 is 1.56 bits per heavy atom. The van der Waals surface area contributed by atoms with E-state index < -0.39 is 10.0 Å². The molecule has 1 aliphatic carbocycles. The van der Waals surface area contributed by atoms with Crippen LogP contribution in [0.1, 0.15) is 17.7 Å². The van der Waals surface area contributed by atoms with E-state index in [9.17, 15) is 8.42 Å². The fourth-order valence-electron chi connectivity index (χ4n) is 1.81. The van der Waals surface area contributed by atoms with Gasteiger partial charge in [-0.3, -0.25) is 0 Å². The average molecular weight is 286 g/mol. The molecule has 2 rings (SSSR count). The summed E-state index contributed by atoms with van der Waals surface area (Å²) in [7, 11) is -1.50. The van der Waals surface area contributed by atoms with Gasteiger partial charge in [-0.25, -0.2) is 8.42 Å². The second kappa shape index (κ2) is 5.52. The van der Waals surface area contributed by atoms with E-state index in [0.717, 1.165) is 17.7 Å². The first-order valence-electron chi connectivity index (χ1n) is 5.95. The van der Waals surface area contributed by atoms with E-state index in [-0.39, 0.29) is 6.04 Å². The topological polar surface area (TPSA) is 49.4 Å². The molecule has 0 unspecified atom stereocenters. The quantitative estimate of drug-likeness (QED) is 0.778. The lowest BCUT2D eigenvalue weighted by atomic mass is 10.5. The van der Waals surface area contributed by atoms with Gasteiger partial charge in [-0.15, -0.1) is 17.9 Å². The molecule has 1 aliphatic rings. The number of sulfonamides is 1. The van der Waals surface area contributed by atoms with E-state index in [0.29, 0.717) is 17.3 Å². The van der Waals surface area contributed by atoms with E-state index >= 15 is 0 Å². The number of nitrogens with one attached hydrogen (secondary N) is 1. The van der Waals surface area contributed by atoms with E-state index in [1.54, 1.807) is 16.4 Å². The Hall–Kier alpha value is -0.690. The molecule has 1 fully saturated rings. The van der Waals surface area contributed by atoms with Gasteiger partial charge >= 0.3 is 0 Å². The second-order valence-electron chi connectivity index (χ2n) is 4.35. The van der Waals surface area contributed by atoms with Crippen LogP contribution in [0.2, 0.25) is 0 Å². The Morgan fingerprint density at radius 3 is 2.83 bits per heavy atom. The highest BCUT2D eigenvalue weighted by molar-refractivity contribution is 7.91. The lowest BCUT2D eigenvalue weighted by Gasteiger charge is -2.18. The van der Waals surface area contributed by atoms with Crippen molar-refractivity contribution in [3.63, 3.8) is 0 Å². The monoisotopic (exact) mass is 286 g/mol. The van der Waals surface area contributed by atoms with E-state index in [1.807, 2.05) is 13.1 Å². The zero-order valence-electron chi connectivity index (χ0n) is 10.4. The maximum absolute atomic E-state index is 12.5. The maximum Gasteiger partial charge on any atom is 0.253 e. The van der Waals surface area contributed by atoms with Crippen molar-refractivity contribution in [2.45, 2.75) is 29.6 Å². The van der Waals surface area contributed by atoms with Crippen LogP contribution in [-0.4, -0.2) is 32.4 Å². The summed E-state index contributed by atoms with van der Waals surface area (Å²) in [5.74, 6) is 0. The van der Waals surface area contributed by atoms with Crippen LogP contribution < -0.4 is 5.32 Å². The summed E-state index contributed by atoms with van der Waals surface area (Å²) in [6.07, 6.45) is 3.57. The number of thiophene rings is 1. The maximum atomic E-state index is 12.5. The molecule has 0 atom stereocenters. The Morgan fingerprint density at radius 2 is 2.28 bits per heavy atom. The lowest BCUT2D eigenvalue weighted by molar-refractivity contribution is 0.437. The molecule has 1 aromatic heterocycles. The van der Waals surface area contributed by atoms with Crippen LogP contribution in [0.5, 0.6) is 0 Å². The van der Waals surface area contributed by atoms with E-state index in [4.69, 9.17) is 0 Å². The first kappa shape index (κ1) is 13.7. The largest absolute Gasteiger partial charge is 0.315 e. The Labute approximate surface area is 112 Å². The summed E-state index contributed by atoms with van der Waals surface area (Å²) in [5.41, 5.74) is 0. The first-order valence-corrected chi connectivity index (χ1v) is 8.21. The molecule has 1 aromatic rings. The molecule has 1 saturated carbocycles. The molecule has 0 spiro atoms. The molecule has 0 aliphatic heterocycles. The molecule has 18 heavy (non-hydrogen) atoms. The SMILES string of the molecule is C=CCN(C1CC1)S(=O)(=O)c1ccc(CNC)s1. The molecule has 0 aromatic carbocycles. The highest BCUT2D eigenvalue weighted by atomic mass is 32.2. The average Bonchev–Trinajstić information content (AvgIpc) is 3.05. The van der Waals surface area contributed by atoms with Crippen molar-refractivity contribution < 1.29 is 8.42 Å². The van der Waals surface area contributed by atoms with Gasteiger partial charge in [0.05, 0.1) is 0 Å². The minimum Gasteiger partial charge on any atom is -0.315 e. The van der Waals surface area contributed by atoms with Gasteiger partial charge in [0, 0.05) is 24.0 Å². The third-order valence-electron chi connectivity index (χ3n) is 2.81. The van der Waals surface area contributed by atoms with Crippen molar-refractivity contribution in [2.75, 3.05) is 13.6 Å². The van der Waals surface area contributed by atoms with Crippen molar-refractivity contribution in [1.29, 1.82) is 0 Å². The van der Waals surface area contributed by atoms with Crippen molar-refractivity contribution in [3.05, 3.63) is 29.7 Å². The van der Waals surface area contributed by atoms with Gasteiger partial charge in [-0.05, 0) is 32.0 Å². The fraction of sp³-hybridized carbons (Fsp3) is 0.500. The Kier molecular flexibility index (Phi) is 4.21. The fourth-order valence-corrected chi connectivity index (χ4v) is 4.97. The van der Waals surface area contributed by atoms with Gasteiger partial charge in [-0.2, -0.15) is 4.31 Å². The van der Waals surface area contributed by atoms with Crippen LogP contribution >= 0.6 is 11.3 Å². The summed E-state index contributed by atoms with van der Waals surface area (Å²) >= 11 is 1.34. The molecule has 0 radical (unpaired) electrons. The summed E-state index contributed by atoms with van der Waals surface area (Å²) in [6, 6.07) is 3.74. The van der Waals surface area contributed by atoms with Crippen molar-refractivity contribution in [1.82, 2.24) is 9.62 Å². The van der Waals surface area contributed by atoms with Crippen LogP contribution in [0.15, 0.2) is 29.0 Å². The molecule has 100 valence electrons. The third kappa shape index (κ3) is 2.83. The molecule has 1 heterocycles.